The molecule has 8 heteroatoms. The van der Waals surface area contributed by atoms with Crippen molar-refractivity contribution in [3.63, 3.8) is 0 Å². The summed E-state index contributed by atoms with van der Waals surface area (Å²) in [4.78, 5) is 12.9. The van der Waals surface area contributed by atoms with Crippen LogP contribution in [0.3, 0.4) is 0 Å². The minimum atomic E-state index is -0.998. The molecule has 2 aromatic carbocycles. The van der Waals surface area contributed by atoms with Gasteiger partial charge in [0.25, 0.3) is 6.47 Å². The van der Waals surface area contributed by atoms with Gasteiger partial charge in [-0.2, -0.15) is 4.39 Å². The molecule has 27 heavy (non-hydrogen) atoms. The minimum absolute atomic E-state index is 0.134. The zero-order valence-corrected chi connectivity index (χ0v) is 14.9. The van der Waals surface area contributed by atoms with E-state index in [0.29, 0.717) is 24.6 Å². The lowest BCUT2D eigenvalue weighted by molar-refractivity contribution is -0.122. The second kappa shape index (κ2) is 8.59. The number of amidine groups is 1. The summed E-state index contributed by atoms with van der Waals surface area (Å²) < 4.78 is 37.8. The van der Waals surface area contributed by atoms with Crippen LogP contribution in [0.4, 0.5) is 8.78 Å². The molecule has 1 atom stereocenters. The van der Waals surface area contributed by atoms with Crippen LogP contribution in [0.15, 0.2) is 41.4 Å². The minimum Gasteiger partial charge on any atom is -0.494 e. The zero-order valence-electron chi connectivity index (χ0n) is 14.9. The highest BCUT2D eigenvalue weighted by atomic mass is 19.2. The van der Waals surface area contributed by atoms with Gasteiger partial charge in [0, 0.05) is 0 Å². The van der Waals surface area contributed by atoms with E-state index in [4.69, 9.17) is 25.1 Å². The Hall–Kier alpha value is -3.00. The van der Waals surface area contributed by atoms with Crippen LogP contribution in [-0.4, -0.2) is 37.7 Å². The fraction of sp³-hybridized carbons (Fsp3) is 0.263. The number of methoxy groups -OCH3 is 1. The molecular weight excluding hydrogens is 358 g/mol. The summed E-state index contributed by atoms with van der Waals surface area (Å²) in [6.45, 7) is 2.39. The van der Waals surface area contributed by atoms with Crippen molar-refractivity contribution in [3.05, 3.63) is 53.6 Å². The highest BCUT2D eigenvalue weighted by molar-refractivity contribution is 5.82. The van der Waals surface area contributed by atoms with E-state index in [9.17, 15) is 8.78 Å². The molecule has 1 aliphatic heterocycles. The lowest BCUT2D eigenvalue weighted by atomic mass is 9.90. The smallest absolute Gasteiger partial charge is 0.290 e. The zero-order chi connectivity index (χ0) is 20.0. The molecule has 0 spiro atoms. The Morgan fingerprint density at radius 3 is 2.63 bits per heavy atom. The number of carboxylic acid groups (broad SMARTS) is 1. The second-order valence-electron chi connectivity index (χ2n) is 6.03. The highest BCUT2D eigenvalue weighted by Gasteiger charge is 2.30. The van der Waals surface area contributed by atoms with Crippen LogP contribution >= 0.6 is 0 Å². The Kier molecular flexibility index (Phi) is 6.46. The topological polar surface area (TPSA) is 94.1 Å². The van der Waals surface area contributed by atoms with E-state index >= 15 is 0 Å². The maximum absolute atomic E-state index is 13.8. The average Bonchev–Trinajstić information content (AvgIpc) is 2.64. The number of ether oxygens (including phenoxy) is 2. The van der Waals surface area contributed by atoms with Gasteiger partial charge in [-0.15, -0.1) is 0 Å². The Morgan fingerprint density at radius 2 is 2.00 bits per heavy atom. The first-order valence-corrected chi connectivity index (χ1v) is 7.98. The number of halogens is 2. The van der Waals surface area contributed by atoms with Crippen LogP contribution in [0.1, 0.15) is 12.5 Å². The third-order valence-corrected chi connectivity index (χ3v) is 4.06. The van der Waals surface area contributed by atoms with Crippen molar-refractivity contribution in [3.8, 4) is 16.9 Å². The van der Waals surface area contributed by atoms with Gasteiger partial charge in [0.15, 0.2) is 11.6 Å². The van der Waals surface area contributed by atoms with E-state index in [1.54, 1.807) is 0 Å². The van der Waals surface area contributed by atoms with Gasteiger partial charge in [0.05, 0.1) is 13.7 Å². The summed E-state index contributed by atoms with van der Waals surface area (Å²) >= 11 is 0. The largest absolute Gasteiger partial charge is 0.494 e. The van der Waals surface area contributed by atoms with Crippen LogP contribution in [0.5, 0.6) is 5.75 Å². The summed E-state index contributed by atoms with van der Waals surface area (Å²) in [5.41, 5.74) is 7.30. The molecular formula is C19H20F2N2O4. The Bertz CT molecular complexity index is 858. The summed E-state index contributed by atoms with van der Waals surface area (Å²) in [6.07, 6.45) is 0. The molecule has 0 saturated heterocycles. The molecule has 0 aliphatic carbocycles. The molecule has 144 valence electrons. The maximum atomic E-state index is 13.8. The predicted molar refractivity (Wildman–Crippen MR) is 96.8 cm³/mol. The maximum Gasteiger partial charge on any atom is 0.290 e. The van der Waals surface area contributed by atoms with Gasteiger partial charge < -0.3 is 20.3 Å². The molecule has 1 heterocycles. The number of rotatable bonds is 3. The number of aliphatic imine (C=N–C) groups is 1. The first kappa shape index (κ1) is 20.3. The van der Waals surface area contributed by atoms with Crippen LogP contribution in [-0.2, 0) is 15.1 Å². The standard InChI is InChI=1S/C18H18F2N2O2.CH2O2/c1-18(10-24-9-16(21)22-18)13-5-3-4-11(6-13)12-7-14(19)17(20)15(8-12)23-2;2-1-3/h3-8H,9-10H2,1-2H3,(H2,21,22);1H,(H,2,3). The molecule has 1 unspecified atom stereocenters. The van der Waals surface area contributed by atoms with Crippen molar-refractivity contribution in [2.75, 3.05) is 20.3 Å². The van der Waals surface area contributed by atoms with Gasteiger partial charge in [-0.1, -0.05) is 18.2 Å². The molecule has 0 saturated carbocycles. The Balaban J connectivity index is 0.000000817. The van der Waals surface area contributed by atoms with E-state index in [1.165, 1.54) is 13.2 Å². The quantitative estimate of drug-likeness (QED) is 0.801. The molecule has 1 aliphatic rings. The van der Waals surface area contributed by atoms with Crippen molar-refractivity contribution in [2.24, 2.45) is 10.7 Å². The summed E-state index contributed by atoms with van der Waals surface area (Å²) in [7, 11) is 1.30. The van der Waals surface area contributed by atoms with E-state index < -0.39 is 17.2 Å². The highest BCUT2D eigenvalue weighted by Crippen LogP contribution is 2.33. The molecule has 3 N–H and O–H groups in total. The fourth-order valence-electron chi connectivity index (χ4n) is 2.80. The molecule has 3 rings (SSSR count). The normalized spacial score (nSPS) is 18.7. The van der Waals surface area contributed by atoms with Gasteiger partial charge in [0.2, 0.25) is 5.82 Å². The molecule has 0 amide bonds. The van der Waals surface area contributed by atoms with Gasteiger partial charge in [0.1, 0.15) is 18.0 Å². The van der Waals surface area contributed by atoms with E-state index in [-0.39, 0.29) is 12.2 Å². The van der Waals surface area contributed by atoms with Crippen LogP contribution in [0.25, 0.3) is 11.1 Å². The van der Waals surface area contributed by atoms with Crippen molar-refractivity contribution in [1.82, 2.24) is 0 Å². The van der Waals surface area contributed by atoms with Crippen LogP contribution in [0, 0.1) is 11.6 Å². The molecule has 0 fully saturated rings. The monoisotopic (exact) mass is 378 g/mol. The number of nitrogens with two attached hydrogens (primary N) is 1. The third-order valence-electron chi connectivity index (χ3n) is 4.06. The fourth-order valence-corrected chi connectivity index (χ4v) is 2.80. The number of hydrogen-bond donors (Lipinski definition) is 2. The summed E-state index contributed by atoms with van der Waals surface area (Å²) in [5, 5.41) is 6.89. The van der Waals surface area contributed by atoms with Gasteiger partial charge in [-0.05, 0) is 41.8 Å². The van der Waals surface area contributed by atoms with Crippen molar-refractivity contribution < 1.29 is 28.2 Å². The number of nitrogens with zero attached hydrogens (tertiary/aromatic N) is 1. The Labute approximate surface area is 155 Å². The average molecular weight is 378 g/mol. The lowest BCUT2D eigenvalue weighted by Gasteiger charge is -2.30. The Morgan fingerprint density at radius 1 is 1.30 bits per heavy atom. The van der Waals surface area contributed by atoms with Crippen molar-refractivity contribution in [2.45, 2.75) is 12.5 Å². The molecule has 2 aromatic rings. The second-order valence-corrected chi connectivity index (χ2v) is 6.03. The molecule has 6 nitrogen and oxygen atoms in total. The van der Waals surface area contributed by atoms with Gasteiger partial charge >= 0.3 is 0 Å². The summed E-state index contributed by atoms with van der Waals surface area (Å²) in [5.74, 6) is -1.65. The van der Waals surface area contributed by atoms with Crippen LogP contribution < -0.4 is 10.5 Å². The van der Waals surface area contributed by atoms with Crippen LogP contribution in [0.2, 0.25) is 0 Å². The number of carbonyl (C=O) groups is 1. The predicted octanol–water partition coefficient (Wildman–Crippen LogP) is 2.94. The molecule has 0 radical (unpaired) electrons. The number of hydrogen-bond acceptors (Lipinski definition) is 5. The van der Waals surface area contributed by atoms with Gasteiger partial charge in [-0.3, -0.25) is 9.79 Å². The SMILES string of the molecule is COc1cc(-c2cccc(C3(C)COCC(N)=N3)c2)cc(F)c1F.O=CO. The first-order valence-electron chi connectivity index (χ1n) is 7.98. The van der Waals surface area contributed by atoms with Gasteiger partial charge in [-0.25, -0.2) is 4.39 Å². The first-order chi connectivity index (χ1) is 12.8. The van der Waals surface area contributed by atoms with Crippen molar-refractivity contribution >= 4 is 12.3 Å². The van der Waals surface area contributed by atoms with E-state index in [1.807, 2.05) is 31.2 Å². The van der Waals surface area contributed by atoms with E-state index in [0.717, 1.165) is 17.2 Å². The van der Waals surface area contributed by atoms with E-state index in [2.05, 4.69) is 4.99 Å². The number of benzene rings is 2. The lowest BCUT2D eigenvalue weighted by Crippen LogP contribution is -2.37. The third kappa shape index (κ3) is 4.59. The van der Waals surface area contributed by atoms with Crippen molar-refractivity contribution in [1.29, 1.82) is 0 Å². The molecule has 0 aromatic heterocycles. The summed E-state index contributed by atoms with van der Waals surface area (Å²) in [6, 6.07) is 10.0. The molecule has 0 bridgehead atoms.